The third kappa shape index (κ3) is 8.40. The molecule has 8 atom stereocenters. The maximum Gasteiger partial charge on any atom is 1.00 e. The van der Waals surface area contributed by atoms with Crippen molar-refractivity contribution in [2.75, 3.05) is 6.61 Å². The Morgan fingerprint density at radius 2 is 1.81 bits per heavy atom. The summed E-state index contributed by atoms with van der Waals surface area (Å²) >= 11 is 0. The molecule has 1 fully saturated rings. The van der Waals surface area contributed by atoms with E-state index in [-0.39, 0.29) is 59.1 Å². The molecule has 1 saturated heterocycles. The number of nitrogens with one attached hydrogen (secondary N) is 1. The summed E-state index contributed by atoms with van der Waals surface area (Å²) in [5.41, 5.74) is 0. The molecule has 1 amide bonds. The number of rotatable bonds is 7. The van der Waals surface area contributed by atoms with Crippen LogP contribution in [0.4, 0.5) is 0 Å². The van der Waals surface area contributed by atoms with Crippen molar-refractivity contribution in [3.8, 4) is 0 Å². The number of hydrogen-bond acceptors (Lipinski definition) is 14. The van der Waals surface area contributed by atoms with Crippen LogP contribution in [-0.4, -0.2) is 101 Å². The number of amides is 1. The second-order valence-corrected chi connectivity index (χ2v) is 7.34. The van der Waals surface area contributed by atoms with E-state index in [0.29, 0.717) is 6.08 Å². The van der Waals surface area contributed by atoms with Crippen molar-refractivity contribution < 1.29 is 126 Å². The fourth-order valence-electron chi connectivity index (χ4n) is 2.90. The Bertz CT molecular complexity index is 794. The van der Waals surface area contributed by atoms with Crippen LogP contribution in [0.25, 0.3) is 0 Å². The van der Waals surface area contributed by atoms with Gasteiger partial charge in [0.1, 0.15) is 42.2 Å². The maximum absolute atomic E-state index is 11.3. The summed E-state index contributed by atoms with van der Waals surface area (Å²) in [6, 6.07) is -1.48. The molecule has 0 aromatic rings. The molecule has 2 rings (SSSR count). The SMILES string of the molecule is CC(=O)N[C@H]1C(O)O[C@H](CO)[C@@H](O[C@@H]2OC(C(=O)[O-])=C[C@H](O)[C@H]2OS(=O)(=O)[O-])[C@@H]1O.[Na+].[Na+]. The second-order valence-electron chi connectivity index (χ2n) is 6.33. The number of ether oxygens (including phenoxy) is 3. The van der Waals surface area contributed by atoms with Crippen LogP contribution in [0.1, 0.15) is 6.92 Å². The Kier molecular flexibility index (Phi) is 13.3. The molecule has 15 nitrogen and oxygen atoms in total. The number of carbonyl (C=O) groups is 2. The second kappa shape index (κ2) is 13.3. The first kappa shape index (κ1) is 32.1. The van der Waals surface area contributed by atoms with Gasteiger partial charge < -0.3 is 54.4 Å². The van der Waals surface area contributed by atoms with Crippen LogP contribution in [-0.2, 0) is 38.4 Å². The van der Waals surface area contributed by atoms with E-state index in [2.05, 4.69) is 9.50 Å². The van der Waals surface area contributed by atoms with Crippen LogP contribution < -0.4 is 69.5 Å². The normalized spacial score (nSPS) is 34.8. The minimum atomic E-state index is -5.44. The van der Waals surface area contributed by atoms with Gasteiger partial charge in [0.25, 0.3) is 0 Å². The zero-order valence-corrected chi connectivity index (χ0v) is 22.0. The monoisotopic (exact) mass is 503 g/mol. The molecule has 0 bridgehead atoms. The number of carbonyl (C=O) groups excluding carboxylic acids is 2. The Hall–Kier alpha value is 0.110. The molecule has 1 unspecified atom stereocenters. The summed E-state index contributed by atoms with van der Waals surface area (Å²) in [7, 11) is -5.44. The van der Waals surface area contributed by atoms with E-state index in [1.54, 1.807) is 0 Å². The van der Waals surface area contributed by atoms with Gasteiger partial charge in [0.15, 0.2) is 12.4 Å². The third-order valence-electron chi connectivity index (χ3n) is 4.13. The topological polar surface area (TPSA) is 244 Å². The van der Waals surface area contributed by atoms with Gasteiger partial charge in [0.2, 0.25) is 22.6 Å². The van der Waals surface area contributed by atoms with Gasteiger partial charge in [-0.15, -0.1) is 0 Å². The number of aliphatic hydroxyl groups excluding tert-OH is 4. The minimum Gasteiger partial charge on any atom is -0.726 e. The van der Waals surface area contributed by atoms with Gasteiger partial charge in [-0.1, -0.05) is 0 Å². The molecule has 32 heavy (non-hydrogen) atoms. The number of carboxylic acid groups (broad SMARTS) is 1. The fourth-order valence-corrected chi connectivity index (χ4v) is 3.37. The van der Waals surface area contributed by atoms with Crippen molar-refractivity contribution in [3.63, 3.8) is 0 Å². The maximum atomic E-state index is 11.3. The van der Waals surface area contributed by atoms with Crippen LogP contribution in [0.3, 0.4) is 0 Å². The Balaban J connectivity index is 0.00000480. The molecule has 2 heterocycles. The number of aliphatic carboxylic acids is 1. The van der Waals surface area contributed by atoms with Gasteiger partial charge in [-0.05, 0) is 6.08 Å². The van der Waals surface area contributed by atoms with E-state index in [4.69, 9.17) is 14.2 Å². The molecule has 0 aliphatic carbocycles. The fraction of sp³-hybridized carbons (Fsp3) is 0.714. The molecular weight excluding hydrogens is 484 g/mol. The Morgan fingerprint density at radius 1 is 1.22 bits per heavy atom. The standard InChI is InChI=1S/C14H21NO14S.2Na/c1-4(17)15-8-9(19)11(7(3-16)26-13(8)22)28-14-10(29-30(23,24)25)5(18)2-6(27-14)12(20)21;;/h2,5,7-11,13-14,16,18-19,22H,3H2,1H3,(H,15,17)(H,20,21)(H,23,24,25);;/q;2*+1/p-2/t5-,7+,8+,9+,10+,11+,13?,14-;;/m0../s1. The largest absolute Gasteiger partial charge is 1.00 e. The van der Waals surface area contributed by atoms with E-state index in [0.717, 1.165) is 6.92 Å². The van der Waals surface area contributed by atoms with Crippen molar-refractivity contribution >= 4 is 22.3 Å². The zero-order valence-electron chi connectivity index (χ0n) is 17.2. The summed E-state index contributed by atoms with van der Waals surface area (Å²) in [6.45, 7) is 0.198. The number of carboxylic acids is 1. The minimum absolute atomic E-state index is 0. The van der Waals surface area contributed by atoms with E-state index >= 15 is 0 Å². The molecule has 0 aromatic heterocycles. The molecule has 0 aromatic carbocycles. The molecule has 0 spiro atoms. The van der Waals surface area contributed by atoms with Gasteiger partial charge >= 0.3 is 59.1 Å². The average molecular weight is 503 g/mol. The van der Waals surface area contributed by atoms with Gasteiger partial charge in [-0.2, -0.15) is 0 Å². The molecule has 2 aliphatic rings. The van der Waals surface area contributed by atoms with E-state index in [1.165, 1.54) is 0 Å². The molecule has 18 heteroatoms. The van der Waals surface area contributed by atoms with Crippen LogP contribution in [0.5, 0.6) is 0 Å². The number of hydrogen-bond donors (Lipinski definition) is 5. The molecular formula is C14H19NNa2O14S. The molecule has 5 N–H and O–H groups in total. The molecule has 0 radical (unpaired) electrons. The molecule has 2 aliphatic heterocycles. The summed E-state index contributed by atoms with van der Waals surface area (Å²) in [5.74, 6) is -3.62. The molecule has 0 saturated carbocycles. The average Bonchev–Trinajstić information content (AvgIpc) is 2.61. The summed E-state index contributed by atoms with van der Waals surface area (Å²) in [6.07, 6.45) is -12.6. The summed E-state index contributed by atoms with van der Waals surface area (Å²) in [5, 5.41) is 53.0. The summed E-state index contributed by atoms with van der Waals surface area (Å²) < 4.78 is 52.2. The van der Waals surface area contributed by atoms with Gasteiger partial charge in [0, 0.05) is 6.92 Å². The van der Waals surface area contributed by atoms with E-state index in [1.807, 2.05) is 0 Å². The van der Waals surface area contributed by atoms with Crippen LogP contribution >= 0.6 is 0 Å². The quantitative estimate of drug-likeness (QED) is 0.123. The predicted octanol–water partition coefficient (Wildman–Crippen LogP) is -11.8. The van der Waals surface area contributed by atoms with Crippen LogP contribution in [0.2, 0.25) is 0 Å². The van der Waals surface area contributed by atoms with Crippen molar-refractivity contribution in [1.29, 1.82) is 0 Å². The van der Waals surface area contributed by atoms with Crippen LogP contribution in [0, 0.1) is 0 Å². The van der Waals surface area contributed by atoms with Crippen molar-refractivity contribution in [2.45, 2.75) is 56.1 Å². The number of aliphatic hydroxyl groups is 4. The Morgan fingerprint density at radius 3 is 2.28 bits per heavy atom. The first-order valence-electron chi connectivity index (χ1n) is 8.31. The first-order valence-corrected chi connectivity index (χ1v) is 9.64. The summed E-state index contributed by atoms with van der Waals surface area (Å²) in [4.78, 5) is 22.3. The Labute approximate surface area is 226 Å². The van der Waals surface area contributed by atoms with Gasteiger partial charge in [-0.25, -0.2) is 8.42 Å². The van der Waals surface area contributed by atoms with E-state index in [9.17, 15) is 48.1 Å². The van der Waals surface area contributed by atoms with Gasteiger partial charge in [-0.3, -0.25) is 8.98 Å². The van der Waals surface area contributed by atoms with E-state index < -0.39 is 83.8 Å². The van der Waals surface area contributed by atoms with Crippen molar-refractivity contribution in [1.82, 2.24) is 5.32 Å². The molecule has 172 valence electrons. The van der Waals surface area contributed by atoms with Gasteiger partial charge in [0.05, 0.1) is 6.61 Å². The first-order chi connectivity index (χ1) is 13.8. The van der Waals surface area contributed by atoms with Crippen molar-refractivity contribution in [3.05, 3.63) is 11.8 Å². The van der Waals surface area contributed by atoms with Crippen molar-refractivity contribution in [2.24, 2.45) is 0 Å². The zero-order chi connectivity index (χ0) is 22.8. The van der Waals surface area contributed by atoms with Crippen LogP contribution in [0.15, 0.2) is 11.8 Å². The smallest absolute Gasteiger partial charge is 0.726 e. The third-order valence-corrected chi connectivity index (χ3v) is 4.59. The predicted molar refractivity (Wildman–Crippen MR) is 85.0 cm³/mol.